The summed E-state index contributed by atoms with van der Waals surface area (Å²) in [6.07, 6.45) is 2.52. The van der Waals surface area contributed by atoms with E-state index < -0.39 is 89.5 Å². The Labute approximate surface area is 504 Å². The summed E-state index contributed by atoms with van der Waals surface area (Å²) in [6.45, 7) is 13.4. The Morgan fingerprint density at radius 1 is 0.810 bits per heavy atom. The fraction of sp³-hybridized carbons (Fsp3) is 0.492. The number of aliphatic hydroxyl groups excluding tert-OH is 1. The van der Waals surface area contributed by atoms with Crippen LogP contribution in [0.4, 0.5) is 14.5 Å². The van der Waals surface area contributed by atoms with Crippen molar-refractivity contribution in [3.05, 3.63) is 104 Å². The van der Waals surface area contributed by atoms with Gasteiger partial charge in [0, 0.05) is 72.4 Å². The molecule has 0 saturated carbocycles. The number of amides is 7. The first kappa shape index (κ1) is 65.5. The maximum absolute atomic E-state index is 14.6. The third-order valence-electron chi connectivity index (χ3n) is 15.0. The second kappa shape index (κ2) is 27.6. The topological polar surface area (TPSA) is 268 Å². The summed E-state index contributed by atoms with van der Waals surface area (Å²) in [4.78, 5) is 126. The number of β-amino-alcohol motifs (C(OH)–C–C–N with tert-alkyl or cyclic N) is 1. The molecule has 2 aliphatic heterocycles. The quantitative estimate of drug-likeness (QED) is 0.0239. The van der Waals surface area contributed by atoms with Crippen LogP contribution in [0.15, 0.2) is 82.8 Å². The molecule has 2 aromatic heterocycles. The Morgan fingerprint density at radius 2 is 1.46 bits per heavy atom. The lowest BCUT2D eigenvalue weighted by molar-refractivity contribution is -0.144. The van der Waals surface area contributed by atoms with Crippen LogP contribution in [-0.2, 0) is 45.5 Å². The zero-order valence-electron chi connectivity index (χ0n) is 48.1. The highest BCUT2D eigenvalue weighted by atomic mass is 79.9. The van der Waals surface area contributed by atoms with Crippen LogP contribution in [0.3, 0.4) is 0 Å². The number of aryl methyl sites for hydroxylation is 1. The highest BCUT2D eigenvalue weighted by Gasteiger charge is 2.51. The number of nitrogens with one attached hydrogen (secondary N) is 4. The van der Waals surface area contributed by atoms with Crippen LogP contribution >= 0.6 is 46.2 Å². The molecule has 2 fully saturated rings. The summed E-state index contributed by atoms with van der Waals surface area (Å²) in [6, 6.07) is 15.2. The molecular formula is C59H74BrF2N8O11PS2. The summed E-state index contributed by atoms with van der Waals surface area (Å²) in [5.41, 5.74) is -1.82. The minimum Gasteiger partial charge on any atom is -0.391 e. The molecule has 7 rings (SSSR count). The van der Waals surface area contributed by atoms with E-state index in [0.29, 0.717) is 55.5 Å². The lowest BCUT2D eigenvalue weighted by Crippen LogP contribution is -2.58. The molecule has 84 heavy (non-hydrogen) atoms. The van der Waals surface area contributed by atoms with Crippen molar-refractivity contribution in [1.82, 2.24) is 36.1 Å². The number of aliphatic hydroxyl groups is 1. The van der Waals surface area contributed by atoms with Crippen molar-refractivity contribution in [1.29, 1.82) is 0 Å². The van der Waals surface area contributed by atoms with Gasteiger partial charge in [0.15, 0.2) is 0 Å². The fourth-order valence-electron chi connectivity index (χ4n) is 10.3. The van der Waals surface area contributed by atoms with Gasteiger partial charge >= 0.3 is 13.3 Å². The number of anilines is 1. The Kier molecular flexibility index (Phi) is 21.5. The van der Waals surface area contributed by atoms with Crippen molar-refractivity contribution < 1.29 is 61.8 Å². The predicted octanol–water partition coefficient (Wildman–Crippen LogP) is 8.76. The number of fused-ring (bicyclic) bond motifs is 1. The molecule has 7 amide bonds. The first-order chi connectivity index (χ1) is 39.4. The molecule has 0 bridgehead atoms. The number of benzene rings is 3. The molecule has 2 aliphatic rings. The number of hydrogen-bond acceptors (Lipinski definition) is 12. The number of alkyl halides is 2. The average Bonchev–Trinajstić information content (AvgIpc) is 2.45. The van der Waals surface area contributed by atoms with Crippen LogP contribution in [0.5, 0.6) is 0 Å². The van der Waals surface area contributed by atoms with Gasteiger partial charge in [-0.3, -0.25) is 38.1 Å². The minimum atomic E-state index is -5.84. The van der Waals surface area contributed by atoms with Gasteiger partial charge in [-0.05, 0) is 102 Å². The molecular weight excluding hydrogens is 1210 g/mol. The summed E-state index contributed by atoms with van der Waals surface area (Å²) < 4.78 is 41.8. The number of carbonyl (C=O) groups is 7. The molecule has 2 saturated heterocycles. The third-order valence-corrected chi connectivity index (χ3v) is 18.6. The number of nitrogens with zero attached hydrogens (tertiary/aromatic N) is 4. The molecule has 0 spiro atoms. The number of thiophene rings is 1. The smallest absolute Gasteiger partial charge is 0.391 e. The van der Waals surface area contributed by atoms with Crippen LogP contribution in [0, 0.1) is 17.8 Å². The number of rotatable bonds is 23. The first-order valence-electron chi connectivity index (χ1n) is 27.9. The van der Waals surface area contributed by atoms with E-state index in [0.717, 1.165) is 49.6 Å². The molecule has 4 heterocycles. The second-order valence-corrected chi connectivity index (χ2v) is 28.1. The second-order valence-electron chi connectivity index (χ2n) is 23.6. The van der Waals surface area contributed by atoms with Gasteiger partial charge in [0.1, 0.15) is 24.2 Å². The molecule has 0 radical (unpaired) electrons. The standard InChI is InChI=1S/C59H74BrF2N8O11PS2/c1-35-49(83-34-65-35)37-17-15-36(16-18-37)32-64-52(74)44-31-42(71)33-70(44)56(78)50(57(2,3)4)66-48(73)14-10-8-9-11-26-63-47(72)25-28-68(41-22-20-40(60)21-23-41)54(76)43-13-12-27-69(43)55(77)51(58(5,6)7)67-53(75)46-30-38-29-39(19-24-45(38)84-46)59(61,62)82(79,80)81/h15-24,29-30,34,42-44,50-51,71H,8-14,25-28,31-33H2,1-7H3,(H,63,72)(H,64,74)(H,66,73)(H,67,75)(H2,79,80,81)/t42-,43+,44+,50-,51-/m1/s1. The van der Waals surface area contributed by atoms with E-state index in [9.17, 15) is 61.8 Å². The average molecular weight is 1280 g/mol. The van der Waals surface area contributed by atoms with Crippen molar-refractivity contribution in [2.24, 2.45) is 10.8 Å². The minimum absolute atomic E-state index is 0.0125. The molecule has 3 aromatic carbocycles. The van der Waals surface area contributed by atoms with Gasteiger partial charge in [0.05, 0.1) is 27.1 Å². The first-order valence-corrected chi connectivity index (χ1v) is 32.0. The Morgan fingerprint density at radius 3 is 2.11 bits per heavy atom. The molecule has 19 nitrogen and oxygen atoms in total. The number of aromatic nitrogens is 1. The van der Waals surface area contributed by atoms with Crippen LogP contribution in [0.25, 0.3) is 20.5 Å². The van der Waals surface area contributed by atoms with Gasteiger partial charge < -0.3 is 50.9 Å². The Hall–Kier alpha value is -6.01. The van der Waals surface area contributed by atoms with Crippen molar-refractivity contribution in [3.63, 3.8) is 0 Å². The number of hydrogen-bond donors (Lipinski definition) is 7. The molecule has 7 N–H and O–H groups in total. The van der Waals surface area contributed by atoms with E-state index in [1.165, 1.54) is 26.8 Å². The maximum atomic E-state index is 14.6. The van der Waals surface area contributed by atoms with Crippen molar-refractivity contribution in [2.45, 2.75) is 149 Å². The fourth-order valence-corrected chi connectivity index (χ4v) is 12.8. The van der Waals surface area contributed by atoms with Gasteiger partial charge in [0.2, 0.25) is 35.4 Å². The number of thiazole rings is 1. The molecule has 454 valence electrons. The Bertz CT molecular complexity index is 3250. The zero-order valence-corrected chi connectivity index (χ0v) is 52.2. The van der Waals surface area contributed by atoms with E-state index in [1.54, 1.807) is 61.9 Å². The van der Waals surface area contributed by atoms with Gasteiger partial charge in [-0.1, -0.05) is 101 Å². The maximum Gasteiger partial charge on any atom is 0.399 e. The van der Waals surface area contributed by atoms with E-state index in [1.807, 2.05) is 52.0 Å². The lowest BCUT2D eigenvalue weighted by atomic mass is 9.85. The molecule has 0 aliphatic carbocycles. The van der Waals surface area contributed by atoms with Crippen molar-refractivity contribution >= 4 is 103 Å². The van der Waals surface area contributed by atoms with Gasteiger partial charge in [-0.2, -0.15) is 8.78 Å². The van der Waals surface area contributed by atoms with Crippen molar-refractivity contribution in [3.8, 4) is 10.4 Å². The normalized spacial score (nSPS) is 17.4. The predicted molar refractivity (Wildman–Crippen MR) is 322 cm³/mol. The molecule has 0 unspecified atom stereocenters. The Balaban J connectivity index is 0.872. The van der Waals surface area contributed by atoms with E-state index in [2.05, 4.69) is 42.2 Å². The van der Waals surface area contributed by atoms with E-state index >= 15 is 0 Å². The number of likely N-dealkylation sites (tertiary alicyclic amines) is 2. The molecule has 5 atom stereocenters. The van der Waals surface area contributed by atoms with Gasteiger partial charge in [0.25, 0.3) is 5.91 Å². The van der Waals surface area contributed by atoms with E-state index in [4.69, 9.17) is 0 Å². The number of halogens is 3. The molecule has 25 heteroatoms. The van der Waals surface area contributed by atoms with Crippen LogP contribution in [0.2, 0.25) is 0 Å². The zero-order chi connectivity index (χ0) is 61.5. The van der Waals surface area contributed by atoms with Crippen LogP contribution in [-0.4, -0.2) is 127 Å². The number of unbranched alkanes of at least 4 members (excludes halogenated alkanes) is 3. The number of carbonyl (C=O) groups excluding carboxylic acids is 7. The highest BCUT2D eigenvalue weighted by molar-refractivity contribution is 9.10. The van der Waals surface area contributed by atoms with Gasteiger partial charge in [-0.15, -0.1) is 22.7 Å². The van der Waals surface area contributed by atoms with Crippen LogP contribution < -0.4 is 26.2 Å². The molecule has 5 aromatic rings. The SMILES string of the molecule is Cc1ncsc1-c1ccc(CNC(=O)[C@@H]2C[C@@H](O)CN2C(=O)[C@@H](NC(=O)CCCCCCNC(=O)CCN(C(=O)[C@@H]2CCCN2C(=O)[C@@H](NC(=O)c2cc3cc(C(F)(F)P(=O)(O)O)ccc3s2)C(C)(C)C)c2ccc(Br)cc2)C(C)(C)C)cc1. The monoisotopic (exact) mass is 1280 g/mol. The largest absolute Gasteiger partial charge is 0.399 e. The highest BCUT2D eigenvalue weighted by Crippen LogP contribution is 2.59. The summed E-state index contributed by atoms with van der Waals surface area (Å²) >= 11 is 5.94. The lowest BCUT2D eigenvalue weighted by Gasteiger charge is -2.36. The van der Waals surface area contributed by atoms with Crippen molar-refractivity contribution in [2.75, 3.05) is 31.1 Å². The summed E-state index contributed by atoms with van der Waals surface area (Å²) in [5, 5.41) is 22.4. The van der Waals surface area contributed by atoms with Crippen LogP contribution in [0.1, 0.15) is 126 Å². The van der Waals surface area contributed by atoms with Gasteiger partial charge in [-0.25, -0.2) is 4.98 Å². The summed E-state index contributed by atoms with van der Waals surface area (Å²) in [7, 11) is -5.84. The van der Waals surface area contributed by atoms with E-state index in [-0.39, 0.29) is 67.5 Å². The third kappa shape index (κ3) is 16.3. The summed E-state index contributed by atoms with van der Waals surface area (Å²) in [5.74, 6) is -3.08.